The smallest absolute Gasteiger partial charge is 0.124 e. The van der Waals surface area contributed by atoms with E-state index >= 15 is 0 Å². The Labute approximate surface area is 126 Å². The number of nitrogens with one attached hydrogen (secondary N) is 1. The lowest BCUT2D eigenvalue weighted by atomic mass is 9.67. The van der Waals surface area contributed by atoms with E-state index < -0.39 is 0 Å². The van der Waals surface area contributed by atoms with E-state index in [4.69, 9.17) is 4.98 Å². The van der Waals surface area contributed by atoms with Crippen LogP contribution < -0.4 is 5.32 Å². The first-order valence-electron chi connectivity index (χ1n) is 6.61. The molecule has 2 aromatic rings. The molecule has 0 spiro atoms. The van der Waals surface area contributed by atoms with Crippen LogP contribution in [0, 0.1) is 0 Å². The highest BCUT2D eigenvalue weighted by atomic mass is 79.9. The molecule has 4 heteroatoms. The van der Waals surface area contributed by atoms with E-state index in [9.17, 15) is 0 Å². The van der Waals surface area contributed by atoms with Crippen molar-refractivity contribution in [3.63, 3.8) is 0 Å². The van der Waals surface area contributed by atoms with Gasteiger partial charge in [-0.05, 0) is 26.0 Å². The van der Waals surface area contributed by atoms with Crippen LogP contribution in [0.25, 0.3) is 10.6 Å². The number of hydrogen-bond acceptors (Lipinski definition) is 3. The van der Waals surface area contributed by atoms with Crippen LogP contribution in [0.1, 0.15) is 25.0 Å². The second-order valence-electron chi connectivity index (χ2n) is 5.18. The van der Waals surface area contributed by atoms with Crippen molar-refractivity contribution in [1.29, 1.82) is 0 Å². The minimum Gasteiger partial charge on any atom is -0.319 e. The van der Waals surface area contributed by atoms with E-state index in [1.165, 1.54) is 30.5 Å². The molecule has 2 nitrogen and oxygen atoms in total. The summed E-state index contributed by atoms with van der Waals surface area (Å²) in [6.45, 7) is 1.03. The van der Waals surface area contributed by atoms with Crippen molar-refractivity contribution >= 4 is 27.3 Å². The largest absolute Gasteiger partial charge is 0.319 e. The third-order valence-corrected chi connectivity index (χ3v) is 5.54. The fourth-order valence-corrected chi connectivity index (χ4v) is 4.33. The number of thiazole rings is 1. The first-order valence-corrected chi connectivity index (χ1v) is 8.28. The summed E-state index contributed by atoms with van der Waals surface area (Å²) >= 11 is 5.36. The third-order valence-electron chi connectivity index (χ3n) is 3.98. The molecule has 1 heterocycles. The van der Waals surface area contributed by atoms with Crippen LogP contribution in [0.5, 0.6) is 0 Å². The van der Waals surface area contributed by atoms with Crippen LogP contribution in [0.15, 0.2) is 34.1 Å². The summed E-state index contributed by atoms with van der Waals surface area (Å²) in [5.74, 6) is 0. The van der Waals surface area contributed by atoms with Crippen molar-refractivity contribution in [2.75, 3.05) is 13.6 Å². The van der Waals surface area contributed by atoms with Crippen molar-refractivity contribution in [3.8, 4) is 10.6 Å². The Bertz CT molecular complexity index is 575. The van der Waals surface area contributed by atoms with Crippen LogP contribution in [-0.2, 0) is 5.41 Å². The topological polar surface area (TPSA) is 24.9 Å². The molecule has 1 saturated carbocycles. The van der Waals surface area contributed by atoms with Gasteiger partial charge < -0.3 is 5.32 Å². The highest BCUT2D eigenvalue weighted by Crippen LogP contribution is 2.44. The van der Waals surface area contributed by atoms with Gasteiger partial charge in [-0.2, -0.15) is 0 Å². The van der Waals surface area contributed by atoms with Gasteiger partial charge >= 0.3 is 0 Å². The lowest BCUT2D eigenvalue weighted by Gasteiger charge is -2.40. The number of halogens is 1. The third kappa shape index (κ3) is 2.37. The van der Waals surface area contributed by atoms with Gasteiger partial charge in [0.2, 0.25) is 0 Å². The van der Waals surface area contributed by atoms with E-state index in [0.717, 1.165) is 16.0 Å². The summed E-state index contributed by atoms with van der Waals surface area (Å²) in [5.41, 5.74) is 2.74. The summed E-state index contributed by atoms with van der Waals surface area (Å²) in [4.78, 5) is 4.90. The molecular formula is C15H17BrN2S. The number of likely N-dealkylation sites (N-methyl/N-ethyl adjacent to an activating group) is 1. The molecule has 0 aliphatic heterocycles. The zero-order valence-corrected chi connectivity index (χ0v) is 13.4. The van der Waals surface area contributed by atoms with Crippen molar-refractivity contribution < 1.29 is 0 Å². The number of rotatable bonds is 4. The predicted molar refractivity (Wildman–Crippen MR) is 84.7 cm³/mol. The number of benzene rings is 1. The van der Waals surface area contributed by atoms with Crippen LogP contribution in [0.2, 0.25) is 0 Å². The van der Waals surface area contributed by atoms with Gasteiger partial charge in [0.25, 0.3) is 0 Å². The Balaban J connectivity index is 1.93. The van der Waals surface area contributed by atoms with Crippen LogP contribution >= 0.6 is 27.3 Å². The van der Waals surface area contributed by atoms with Crippen molar-refractivity contribution in [1.82, 2.24) is 10.3 Å². The number of hydrogen-bond donors (Lipinski definition) is 1. The molecule has 0 atom stereocenters. The van der Waals surface area contributed by atoms with Gasteiger partial charge in [-0.15, -0.1) is 11.3 Å². The van der Waals surface area contributed by atoms with Crippen molar-refractivity contribution in [3.05, 3.63) is 39.8 Å². The minimum absolute atomic E-state index is 0.282. The molecular weight excluding hydrogens is 320 g/mol. The summed E-state index contributed by atoms with van der Waals surface area (Å²) < 4.78 is 1.12. The van der Waals surface area contributed by atoms with Gasteiger partial charge in [0.15, 0.2) is 0 Å². The lowest BCUT2D eigenvalue weighted by Crippen LogP contribution is -2.43. The Morgan fingerprint density at radius 1 is 1.37 bits per heavy atom. The SMILES string of the molecule is CNCC1(c2csc(-c3ccccc3Br)n2)CCC1. The van der Waals surface area contributed by atoms with Gasteiger partial charge in [-0.25, -0.2) is 4.98 Å². The molecule has 1 aromatic heterocycles. The van der Waals surface area contributed by atoms with E-state index in [1.54, 1.807) is 11.3 Å². The van der Waals surface area contributed by atoms with Gasteiger partial charge in [0, 0.05) is 27.4 Å². The van der Waals surface area contributed by atoms with Crippen molar-refractivity contribution in [2.45, 2.75) is 24.7 Å². The molecule has 1 aromatic carbocycles. The maximum atomic E-state index is 4.90. The molecule has 3 rings (SSSR count). The van der Waals surface area contributed by atoms with Gasteiger partial charge in [0.1, 0.15) is 5.01 Å². The Morgan fingerprint density at radius 3 is 2.79 bits per heavy atom. The first-order chi connectivity index (χ1) is 9.25. The van der Waals surface area contributed by atoms with Crippen LogP contribution in [0.4, 0.5) is 0 Å². The molecule has 1 fully saturated rings. The molecule has 1 aliphatic rings. The second kappa shape index (κ2) is 5.35. The van der Waals surface area contributed by atoms with E-state index in [2.05, 4.69) is 44.8 Å². The summed E-state index contributed by atoms with van der Waals surface area (Å²) in [6, 6.07) is 8.30. The monoisotopic (exact) mass is 336 g/mol. The zero-order valence-electron chi connectivity index (χ0n) is 10.9. The van der Waals surface area contributed by atoms with E-state index in [0.29, 0.717) is 0 Å². The summed E-state index contributed by atoms with van der Waals surface area (Å²) in [5, 5.41) is 6.68. The van der Waals surface area contributed by atoms with Crippen LogP contribution in [0.3, 0.4) is 0 Å². The molecule has 100 valence electrons. The highest BCUT2D eigenvalue weighted by molar-refractivity contribution is 9.10. The molecule has 0 unspecified atom stereocenters. The Hall–Kier alpha value is -0.710. The molecule has 1 N–H and O–H groups in total. The fraction of sp³-hybridized carbons (Fsp3) is 0.400. The lowest BCUT2D eigenvalue weighted by molar-refractivity contribution is 0.233. The van der Waals surface area contributed by atoms with E-state index in [1.807, 2.05) is 13.1 Å². The minimum atomic E-state index is 0.282. The molecule has 0 amide bonds. The standard InChI is InChI=1S/C15H17BrN2S/c1-17-10-15(7-4-8-15)13-9-19-14(18-13)11-5-2-3-6-12(11)16/h2-3,5-6,9,17H,4,7-8,10H2,1H3. The van der Waals surface area contributed by atoms with E-state index in [-0.39, 0.29) is 5.41 Å². The first kappa shape index (κ1) is 13.3. The average molecular weight is 337 g/mol. The maximum absolute atomic E-state index is 4.90. The maximum Gasteiger partial charge on any atom is 0.124 e. The normalized spacial score (nSPS) is 17.2. The van der Waals surface area contributed by atoms with Crippen LogP contribution in [-0.4, -0.2) is 18.6 Å². The number of aromatic nitrogens is 1. The zero-order chi connectivity index (χ0) is 13.3. The predicted octanol–water partition coefficient (Wildman–Crippen LogP) is 4.21. The quantitative estimate of drug-likeness (QED) is 0.904. The van der Waals surface area contributed by atoms with Crippen molar-refractivity contribution in [2.24, 2.45) is 0 Å². The molecule has 0 saturated heterocycles. The molecule has 0 bridgehead atoms. The summed E-state index contributed by atoms with van der Waals surface area (Å²) in [7, 11) is 2.03. The Kier molecular flexibility index (Phi) is 3.74. The molecule has 0 radical (unpaired) electrons. The Morgan fingerprint density at radius 2 is 2.16 bits per heavy atom. The highest BCUT2D eigenvalue weighted by Gasteiger charge is 2.40. The van der Waals surface area contributed by atoms with Gasteiger partial charge in [0.05, 0.1) is 5.69 Å². The summed E-state index contributed by atoms with van der Waals surface area (Å²) in [6.07, 6.45) is 3.84. The molecule has 19 heavy (non-hydrogen) atoms. The van der Waals surface area contributed by atoms with Gasteiger partial charge in [-0.1, -0.05) is 40.5 Å². The number of nitrogens with zero attached hydrogens (tertiary/aromatic N) is 1. The second-order valence-corrected chi connectivity index (χ2v) is 6.89. The van der Waals surface area contributed by atoms with Gasteiger partial charge in [-0.3, -0.25) is 0 Å². The molecule has 1 aliphatic carbocycles. The fourth-order valence-electron chi connectivity index (χ4n) is 2.74. The average Bonchev–Trinajstić information content (AvgIpc) is 2.84.